The van der Waals surface area contributed by atoms with E-state index < -0.39 is 23.9 Å². The number of nitrogens with zero attached hydrogens (tertiary/aromatic N) is 1. The van der Waals surface area contributed by atoms with Crippen molar-refractivity contribution >= 4 is 17.8 Å². The summed E-state index contributed by atoms with van der Waals surface area (Å²) in [7, 11) is 0. The first-order chi connectivity index (χ1) is 12.0. The van der Waals surface area contributed by atoms with Gasteiger partial charge in [-0.3, -0.25) is 30.0 Å². The predicted molar refractivity (Wildman–Crippen MR) is 88.3 cm³/mol. The summed E-state index contributed by atoms with van der Waals surface area (Å²) in [6.07, 6.45) is 0.303. The van der Waals surface area contributed by atoms with E-state index in [4.69, 9.17) is 4.74 Å². The number of carbonyl (C=O) groups is 3. The first kappa shape index (κ1) is 17.9. The summed E-state index contributed by atoms with van der Waals surface area (Å²) < 4.78 is 6.10. The van der Waals surface area contributed by atoms with Crippen molar-refractivity contribution in [2.45, 2.75) is 19.6 Å². The van der Waals surface area contributed by atoms with Gasteiger partial charge in [0.2, 0.25) is 0 Å². The highest BCUT2D eigenvalue weighted by atomic mass is 16.5. The Hall–Kier alpha value is -3.42. The van der Waals surface area contributed by atoms with E-state index in [0.717, 1.165) is 4.57 Å². The molecule has 25 heavy (non-hydrogen) atoms. The largest absolute Gasteiger partial charge is 0.451 e. The molecule has 2 N–H and O–H groups in total. The SMILES string of the molecule is C[C@@H](OC(=O)Cn1ccccc1=O)C(=O)NNC(=O)c1ccccc1. The van der Waals surface area contributed by atoms with Crippen LogP contribution in [0.2, 0.25) is 0 Å². The molecule has 2 amide bonds. The number of hydrogen-bond donors (Lipinski definition) is 2. The molecule has 0 aliphatic carbocycles. The fourth-order valence-electron chi connectivity index (χ4n) is 1.90. The van der Waals surface area contributed by atoms with Gasteiger partial charge in [-0.1, -0.05) is 24.3 Å². The minimum atomic E-state index is -1.14. The monoisotopic (exact) mass is 343 g/mol. The van der Waals surface area contributed by atoms with Gasteiger partial charge in [0.15, 0.2) is 6.10 Å². The topological polar surface area (TPSA) is 106 Å². The quantitative estimate of drug-likeness (QED) is 0.597. The molecule has 2 aromatic rings. The molecule has 130 valence electrons. The van der Waals surface area contributed by atoms with Crippen molar-refractivity contribution in [3.8, 4) is 0 Å². The highest BCUT2D eigenvalue weighted by Crippen LogP contribution is 1.98. The number of ether oxygens (including phenoxy) is 1. The Labute approximate surface area is 143 Å². The third kappa shape index (κ3) is 5.31. The van der Waals surface area contributed by atoms with Gasteiger partial charge in [0, 0.05) is 17.8 Å². The lowest BCUT2D eigenvalue weighted by Crippen LogP contribution is -2.47. The number of benzene rings is 1. The van der Waals surface area contributed by atoms with Gasteiger partial charge < -0.3 is 9.30 Å². The number of rotatable bonds is 5. The Morgan fingerprint density at radius 1 is 1.04 bits per heavy atom. The van der Waals surface area contributed by atoms with Crippen LogP contribution in [-0.2, 0) is 20.9 Å². The Morgan fingerprint density at radius 3 is 2.40 bits per heavy atom. The summed E-state index contributed by atoms with van der Waals surface area (Å²) in [5.74, 6) is -1.94. The lowest BCUT2D eigenvalue weighted by Gasteiger charge is -2.14. The zero-order valence-corrected chi connectivity index (χ0v) is 13.5. The smallest absolute Gasteiger partial charge is 0.326 e. The Kier molecular flexibility index (Phi) is 6.05. The van der Waals surface area contributed by atoms with Gasteiger partial charge in [-0.25, -0.2) is 0 Å². The molecule has 1 aromatic heterocycles. The van der Waals surface area contributed by atoms with E-state index in [1.54, 1.807) is 42.5 Å². The van der Waals surface area contributed by atoms with Gasteiger partial charge in [-0.05, 0) is 25.1 Å². The van der Waals surface area contributed by atoms with Crippen LogP contribution in [0.1, 0.15) is 17.3 Å². The second-order valence-corrected chi connectivity index (χ2v) is 5.11. The standard InChI is InChI=1S/C17H17N3O5/c1-12(25-15(22)11-20-10-6-5-9-14(20)21)16(23)18-19-17(24)13-7-3-2-4-8-13/h2-10,12H,11H2,1H3,(H,18,23)(H,19,24)/t12-/m1/s1. The van der Waals surface area contributed by atoms with E-state index in [1.807, 2.05) is 0 Å². The molecule has 0 fully saturated rings. The maximum Gasteiger partial charge on any atom is 0.326 e. The van der Waals surface area contributed by atoms with Crippen molar-refractivity contribution in [2.24, 2.45) is 0 Å². The molecule has 0 spiro atoms. The molecule has 0 aliphatic rings. The Bertz CT molecular complexity index is 816. The van der Waals surface area contributed by atoms with Gasteiger partial charge >= 0.3 is 5.97 Å². The van der Waals surface area contributed by atoms with Gasteiger partial charge in [-0.2, -0.15) is 0 Å². The molecule has 1 aromatic carbocycles. The van der Waals surface area contributed by atoms with Crippen LogP contribution in [0.25, 0.3) is 0 Å². The number of pyridine rings is 1. The first-order valence-electron chi connectivity index (χ1n) is 7.47. The number of hydrazine groups is 1. The van der Waals surface area contributed by atoms with Crippen molar-refractivity contribution in [3.05, 3.63) is 70.6 Å². The lowest BCUT2D eigenvalue weighted by molar-refractivity contribution is -0.155. The van der Waals surface area contributed by atoms with Gasteiger partial charge in [0.25, 0.3) is 17.4 Å². The maximum absolute atomic E-state index is 11.9. The average Bonchev–Trinajstić information content (AvgIpc) is 2.62. The zero-order valence-electron chi connectivity index (χ0n) is 13.5. The van der Waals surface area contributed by atoms with Crippen LogP contribution in [-0.4, -0.2) is 28.5 Å². The van der Waals surface area contributed by atoms with Crippen LogP contribution < -0.4 is 16.4 Å². The highest BCUT2D eigenvalue weighted by Gasteiger charge is 2.19. The molecule has 8 heteroatoms. The van der Waals surface area contributed by atoms with E-state index in [9.17, 15) is 19.2 Å². The molecular formula is C17H17N3O5. The van der Waals surface area contributed by atoms with Gasteiger partial charge in [0.05, 0.1) is 0 Å². The lowest BCUT2D eigenvalue weighted by atomic mass is 10.2. The summed E-state index contributed by atoms with van der Waals surface area (Å²) in [5, 5.41) is 0. The van der Waals surface area contributed by atoms with Crippen LogP contribution in [0, 0.1) is 0 Å². The molecule has 0 aliphatic heterocycles. The van der Waals surface area contributed by atoms with E-state index in [1.165, 1.54) is 19.2 Å². The number of nitrogens with one attached hydrogen (secondary N) is 2. The second-order valence-electron chi connectivity index (χ2n) is 5.11. The molecule has 0 unspecified atom stereocenters. The number of hydrogen-bond acceptors (Lipinski definition) is 5. The normalized spacial score (nSPS) is 11.2. The van der Waals surface area contributed by atoms with Crippen LogP contribution in [0.3, 0.4) is 0 Å². The van der Waals surface area contributed by atoms with E-state index >= 15 is 0 Å². The van der Waals surface area contributed by atoms with E-state index in [2.05, 4.69) is 10.9 Å². The van der Waals surface area contributed by atoms with E-state index in [-0.39, 0.29) is 12.1 Å². The summed E-state index contributed by atoms with van der Waals surface area (Å²) in [4.78, 5) is 47.0. The number of amides is 2. The fraction of sp³-hybridized carbons (Fsp3) is 0.176. The van der Waals surface area contributed by atoms with Crippen LogP contribution in [0.4, 0.5) is 0 Å². The second kappa shape index (κ2) is 8.44. The third-order valence-corrected chi connectivity index (χ3v) is 3.21. The summed E-state index contributed by atoms with van der Waals surface area (Å²) in [6, 6.07) is 12.8. The van der Waals surface area contributed by atoms with Crippen LogP contribution >= 0.6 is 0 Å². The van der Waals surface area contributed by atoms with Crippen molar-refractivity contribution in [1.82, 2.24) is 15.4 Å². The molecule has 0 bridgehead atoms. The molecule has 1 atom stereocenters. The molecule has 2 rings (SSSR count). The molecule has 1 heterocycles. The summed E-state index contributed by atoms with van der Waals surface area (Å²) >= 11 is 0. The van der Waals surface area contributed by atoms with E-state index in [0.29, 0.717) is 5.56 Å². The highest BCUT2D eigenvalue weighted by molar-refractivity contribution is 5.95. The molecule has 0 radical (unpaired) electrons. The molecule has 8 nitrogen and oxygen atoms in total. The maximum atomic E-state index is 11.9. The summed E-state index contributed by atoms with van der Waals surface area (Å²) in [5.41, 5.74) is 4.42. The van der Waals surface area contributed by atoms with Gasteiger partial charge in [0.1, 0.15) is 6.54 Å². The minimum absolute atomic E-state index is 0.312. The minimum Gasteiger partial charge on any atom is -0.451 e. The van der Waals surface area contributed by atoms with Crippen LogP contribution in [0.5, 0.6) is 0 Å². The first-order valence-corrected chi connectivity index (χ1v) is 7.47. The Morgan fingerprint density at radius 2 is 1.72 bits per heavy atom. The van der Waals surface area contributed by atoms with Crippen molar-refractivity contribution in [2.75, 3.05) is 0 Å². The van der Waals surface area contributed by atoms with Crippen molar-refractivity contribution in [1.29, 1.82) is 0 Å². The fourth-order valence-corrected chi connectivity index (χ4v) is 1.90. The molecule has 0 saturated carbocycles. The molecule has 0 saturated heterocycles. The number of aromatic nitrogens is 1. The van der Waals surface area contributed by atoms with Crippen LogP contribution in [0.15, 0.2) is 59.5 Å². The van der Waals surface area contributed by atoms with Crippen molar-refractivity contribution in [3.63, 3.8) is 0 Å². The van der Waals surface area contributed by atoms with Crippen molar-refractivity contribution < 1.29 is 19.1 Å². The molecular weight excluding hydrogens is 326 g/mol. The number of esters is 1. The number of carbonyl (C=O) groups excluding carboxylic acids is 3. The summed E-state index contributed by atoms with van der Waals surface area (Å²) in [6.45, 7) is 1.04. The van der Waals surface area contributed by atoms with Gasteiger partial charge in [-0.15, -0.1) is 0 Å². The predicted octanol–water partition coefficient (Wildman–Crippen LogP) is 0.241. The zero-order chi connectivity index (χ0) is 18.2. The Balaban J connectivity index is 1.82. The average molecular weight is 343 g/mol. The third-order valence-electron chi connectivity index (χ3n) is 3.21.